The first-order valence-corrected chi connectivity index (χ1v) is 6.38. The normalized spacial score (nSPS) is 12.4. The van der Waals surface area contributed by atoms with Crippen LogP contribution < -0.4 is 10.1 Å². The van der Waals surface area contributed by atoms with Crippen molar-refractivity contribution >= 4 is 16.6 Å². The highest BCUT2D eigenvalue weighted by molar-refractivity contribution is 5.85. The van der Waals surface area contributed by atoms with Crippen LogP contribution in [0.5, 0.6) is 5.75 Å². The van der Waals surface area contributed by atoms with Crippen molar-refractivity contribution in [2.45, 2.75) is 19.4 Å². The van der Waals surface area contributed by atoms with E-state index < -0.39 is 0 Å². The molecule has 3 nitrogen and oxygen atoms in total. The summed E-state index contributed by atoms with van der Waals surface area (Å²) in [4.78, 5) is 11.3. The van der Waals surface area contributed by atoms with Crippen molar-refractivity contribution in [3.05, 3.63) is 42.0 Å². The number of benzene rings is 2. The fraction of sp³-hybridized carbons (Fsp3) is 0.312. The average molecular weight is 257 g/mol. The Bertz CT molecular complexity index is 592. The Morgan fingerprint density at radius 1 is 1.21 bits per heavy atom. The molecule has 0 radical (unpaired) electrons. The molecule has 0 aliphatic carbocycles. The Morgan fingerprint density at radius 2 is 1.89 bits per heavy atom. The number of hydrogen-bond acceptors (Lipinski definition) is 3. The summed E-state index contributed by atoms with van der Waals surface area (Å²) in [5.41, 5.74) is 1.13. The van der Waals surface area contributed by atoms with Gasteiger partial charge >= 0.3 is 0 Å². The fourth-order valence-electron chi connectivity index (χ4n) is 2.26. The van der Waals surface area contributed by atoms with Crippen LogP contribution in [0.4, 0.5) is 0 Å². The van der Waals surface area contributed by atoms with E-state index in [9.17, 15) is 4.79 Å². The number of hydrogen-bond donors (Lipinski definition) is 1. The van der Waals surface area contributed by atoms with Gasteiger partial charge in [0, 0.05) is 12.5 Å². The monoisotopic (exact) mass is 257 g/mol. The summed E-state index contributed by atoms with van der Waals surface area (Å²) in [6.07, 6.45) is 0.512. The second-order valence-electron chi connectivity index (χ2n) is 4.72. The van der Waals surface area contributed by atoms with Crippen molar-refractivity contribution in [3.63, 3.8) is 0 Å². The van der Waals surface area contributed by atoms with Crippen molar-refractivity contribution in [2.24, 2.45) is 0 Å². The number of methoxy groups -OCH3 is 1. The largest absolute Gasteiger partial charge is 0.497 e. The number of nitrogens with one attached hydrogen (secondary N) is 1. The van der Waals surface area contributed by atoms with Gasteiger partial charge in [-0.1, -0.05) is 18.2 Å². The summed E-state index contributed by atoms with van der Waals surface area (Å²) in [5, 5.41) is 5.49. The molecule has 0 spiro atoms. The van der Waals surface area contributed by atoms with Crippen molar-refractivity contribution in [1.82, 2.24) is 5.32 Å². The zero-order valence-corrected chi connectivity index (χ0v) is 11.6. The first kappa shape index (κ1) is 13.6. The molecule has 3 heteroatoms. The number of rotatable bonds is 5. The Kier molecular flexibility index (Phi) is 4.17. The Morgan fingerprint density at radius 3 is 2.53 bits per heavy atom. The standard InChI is InChI=1S/C16H19NO2/c1-11(18)8-16(17-2)14-5-4-13-10-15(19-3)7-6-12(13)9-14/h4-7,9-10,16-17H,8H2,1-3H3. The van der Waals surface area contributed by atoms with Gasteiger partial charge in [-0.15, -0.1) is 0 Å². The lowest BCUT2D eigenvalue weighted by Crippen LogP contribution is -2.18. The van der Waals surface area contributed by atoms with Gasteiger partial charge in [-0.05, 0) is 48.5 Å². The first-order chi connectivity index (χ1) is 9.13. The molecular formula is C16H19NO2. The molecule has 0 bridgehead atoms. The summed E-state index contributed by atoms with van der Waals surface area (Å²) in [6, 6.07) is 12.3. The third-order valence-corrected chi connectivity index (χ3v) is 3.31. The molecule has 0 aliphatic rings. The minimum Gasteiger partial charge on any atom is -0.497 e. The molecule has 0 heterocycles. The lowest BCUT2D eigenvalue weighted by atomic mass is 9.98. The van der Waals surface area contributed by atoms with Gasteiger partial charge in [-0.2, -0.15) is 0 Å². The van der Waals surface area contributed by atoms with E-state index in [1.807, 2.05) is 25.2 Å². The van der Waals surface area contributed by atoms with Gasteiger partial charge in [0.15, 0.2) is 0 Å². The fourth-order valence-corrected chi connectivity index (χ4v) is 2.26. The van der Waals surface area contributed by atoms with E-state index >= 15 is 0 Å². The Hall–Kier alpha value is -1.87. The predicted molar refractivity (Wildman–Crippen MR) is 77.6 cm³/mol. The van der Waals surface area contributed by atoms with Crippen LogP contribution in [0.2, 0.25) is 0 Å². The second kappa shape index (κ2) is 5.85. The summed E-state index contributed by atoms with van der Waals surface area (Å²) < 4.78 is 5.22. The van der Waals surface area contributed by atoms with Crippen LogP contribution in [0.25, 0.3) is 10.8 Å². The minimum absolute atomic E-state index is 0.0731. The Balaban J connectivity index is 2.37. The summed E-state index contributed by atoms with van der Waals surface area (Å²) in [5.74, 6) is 1.04. The lowest BCUT2D eigenvalue weighted by Gasteiger charge is -2.16. The number of ether oxygens (including phenoxy) is 1. The van der Waals surface area contributed by atoms with E-state index in [1.54, 1.807) is 14.0 Å². The third kappa shape index (κ3) is 3.12. The van der Waals surface area contributed by atoms with E-state index in [1.165, 1.54) is 0 Å². The van der Waals surface area contributed by atoms with E-state index in [2.05, 4.69) is 23.5 Å². The zero-order valence-electron chi connectivity index (χ0n) is 11.6. The third-order valence-electron chi connectivity index (χ3n) is 3.31. The highest BCUT2D eigenvalue weighted by atomic mass is 16.5. The summed E-state index contributed by atoms with van der Waals surface area (Å²) >= 11 is 0. The number of carbonyl (C=O) groups excluding carboxylic acids is 1. The van der Waals surface area contributed by atoms with E-state index in [4.69, 9.17) is 4.74 Å². The second-order valence-corrected chi connectivity index (χ2v) is 4.72. The van der Waals surface area contributed by atoms with Gasteiger partial charge in [0.05, 0.1) is 7.11 Å². The van der Waals surface area contributed by atoms with Gasteiger partial charge in [0.1, 0.15) is 11.5 Å². The number of carbonyl (C=O) groups is 1. The van der Waals surface area contributed by atoms with Gasteiger partial charge in [-0.3, -0.25) is 4.79 Å². The van der Waals surface area contributed by atoms with E-state index in [-0.39, 0.29) is 11.8 Å². The van der Waals surface area contributed by atoms with Crippen molar-refractivity contribution in [1.29, 1.82) is 0 Å². The maximum absolute atomic E-state index is 11.3. The molecule has 0 saturated carbocycles. The summed E-state index contributed by atoms with van der Waals surface area (Å²) in [7, 11) is 3.55. The molecular weight excluding hydrogens is 238 g/mol. The van der Waals surface area contributed by atoms with Crippen LogP contribution in [-0.4, -0.2) is 19.9 Å². The molecule has 2 aromatic carbocycles. The van der Waals surface area contributed by atoms with Crippen LogP contribution >= 0.6 is 0 Å². The van der Waals surface area contributed by atoms with Crippen LogP contribution in [0.3, 0.4) is 0 Å². The minimum atomic E-state index is 0.0731. The zero-order chi connectivity index (χ0) is 13.8. The molecule has 2 aromatic rings. The molecule has 19 heavy (non-hydrogen) atoms. The molecule has 0 aliphatic heterocycles. The van der Waals surface area contributed by atoms with E-state index in [0.29, 0.717) is 6.42 Å². The molecule has 1 N–H and O–H groups in total. The highest BCUT2D eigenvalue weighted by Gasteiger charge is 2.12. The maximum atomic E-state index is 11.3. The maximum Gasteiger partial charge on any atom is 0.131 e. The van der Waals surface area contributed by atoms with Gasteiger partial charge < -0.3 is 10.1 Å². The predicted octanol–water partition coefficient (Wildman–Crippen LogP) is 3.09. The van der Waals surface area contributed by atoms with Crippen LogP contribution in [0.1, 0.15) is 24.9 Å². The molecule has 1 unspecified atom stereocenters. The molecule has 2 rings (SSSR count). The molecule has 0 fully saturated rings. The smallest absolute Gasteiger partial charge is 0.131 e. The van der Waals surface area contributed by atoms with Crippen LogP contribution in [-0.2, 0) is 4.79 Å². The van der Waals surface area contributed by atoms with Crippen molar-refractivity contribution < 1.29 is 9.53 Å². The van der Waals surface area contributed by atoms with Gasteiger partial charge in [-0.25, -0.2) is 0 Å². The molecule has 0 amide bonds. The topological polar surface area (TPSA) is 38.3 Å². The van der Waals surface area contributed by atoms with Crippen molar-refractivity contribution in [2.75, 3.05) is 14.2 Å². The molecule has 0 aromatic heterocycles. The van der Waals surface area contributed by atoms with E-state index in [0.717, 1.165) is 22.1 Å². The van der Waals surface area contributed by atoms with Crippen LogP contribution in [0.15, 0.2) is 36.4 Å². The highest BCUT2D eigenvalue weighted by Crippen LogP contribution is 2.25. The van der Waals surface area contributed by atoms with Crippen LogP contribution in [0, 0.1) is 0 Å². The van der Waals surface area contributed by atoms with Crippen molar-refractivity contribution in [3.8, 4) is 5.75 Å². The quantitative estimate of drug-likeness (QED) is 0.894. The lowest BCUT2D eigenvalue weighted by molar-refractivity contribution is -0.117. The average Bonchev–Trinajstić information content (AvgIpc) is 2.43. The number of ketones is 1. The van der Waals surface area contributed by atoms with Gasteiger partial charge in [0.25, 0.3) is 0 Å². The number of fused-ring (bicyclic) bond motifs is 1. The SMILES string of the molecule is CNC(CC(C)=O)c1ccc2cc(OC)ccc2c1. The Labute approximate surface area is 113 Å². The summed E-state index contributed by atoms with van der Waals surface area (Å²) in [6.45, 7) is 1.62. The molecule has 100 valence electrons. The number of Topliss-reactive ketones (excluding diaryl/α,β-unsaturated/α-hetero) is 1. The molecule has 1 atom stereocenters. The molecule has 0 saturated heterocycles. The van der Waals surface area contributed by atoms with Gasteiger partial charge in [0.2, 0.25) is 0 Å². The first-order valence-electron chi connectivity index (χ1n) is 6.38.